The Morgan fingerprint density at radius 2 is 1.68 bits per heavy atom. The summed E-state index contributed by atoms with van der Waals surface area (Å²) < 4.78 is 10.1. The first kappa shape index (κ1) is 35.3. The molecular formula is C30H49N3O6S. The van der Waals surface area contributed by atoms with Gasteiger partial charge in [0.05, 0.1) is 7.11 Å². The van der Waals surface area contributed by atoms with Crippen molar-refractivity contribution in [2.24, 2.45) is 0 Å². The normalized spacial score (nSPS) is 12.7. The first-order chi connectivity index (χ1) is 18.9. The molecule has 0 aliphatic rings. The second kappa shape index (κ2) is 18.6. The molecular weight excluding hydrogens is 530 g/mol. The van der Waals surface area contributed by atoms with Gasteiger partial charge in [-0.25, -0.2) is 4.79 Å². The summed E-state index contributed by atoms with van der Waals surface area (Å²) in [5, 5.41) is 5.40. The summed E-state index contributed by atoms with van der Waals surface area (Å²) in [6, 6.07) is 5.51. The quantitative estimate of drug-likeness (QED) is 0.194. The summed E-state index contributed by atoms with van der Waals surface area (Å²) in [7, 11) is 1.25. The molecule has 0 saturated heterocycles. The van der Waals surface area contributed by atoms with Gasteiger partial charge in [0.15, 0.2) is 0 Å². The van der Waals surface area contributed by atoms with Crippen LogP contribution in [0.15, 0.2) is 24.3 Å². The lowest BCUT2D eigenvalue weighted by Gasteiger charge is -2.35. The third-order valence-electron chi connectivity index (χ3n) is 6.31. The maximum atomic E-state index is 14.2. The maximum absolute atomic E-state index is 14.2. The summed E-state index contributed by atoms with van der Waals surface area (Å²) in [6.45, 7) is 9.33. The number of aryl methyl sites for hydroxylation is 1. The van der Waals surface area contributed by atoms with E-state index >= 15 is 0 Å². The molecule has 0 bridgehead atoms. The van der Waals surface area contributed by atoms with E-state index < -0.39 is 35.7 Å². The molecule has 40 heavy (non-hydrogen) atoms. The van der Waals surface area contributed by atoms with Crippen molar-refractivity contribution in [1.82, 2.24) is 15.5 Å². The van der Waals surface area contributed by atoms with Gasteiger partial charge in [-0.3, -0.25) is 14.4 Å². The van der Waals surface area contributed by atoms with Crippen LogP contribution in [0.5, 0.6) is 0 Å². The van der Waals surface area contributed by atoms with Crippen LogP contribution in [0.2, 0.25) is 0 Å². The van der Waals surface area contributed by atoms with Gasteiger partial charge in [-0.15, -0.1) is 0 Å². The second-order valence-corrected chi connectivity index (χ2v) is 11.8. The minimum atomic E-state index is -0.994. The predicted octanol–water partition coefficient (Wildman–Crippen LogP) is 5.16. The van der Waals surface area contributed by atoms with Crippen LogP contribution in [0.4, 0.5) is 4.79 Å². The first-order valence-corrected chi connectivity index (χ1v) is 15.5. The van der Waals surface area contributed by atoms with Crippen LogP contribution < -0.4 is 10.6 Å². The standard InChI is InChI=1S/C30H49N3O6S/c1-8-9-10-11-12-15-19-33(28(36)24(18-20-40-7)32-29(37)39-30(3,4)5)26(23-17-14-13-16-22(23)2)27(35)31-21-25(34)38-6/h13-14,16-17,24,26H,8-12,15,18-21H2,1-7H3,(H,31,35)(H,32,37). The Balaban J connectivity index is 3.44. The number of ether oxygens (including phenoxy) is 2. The Bertz CT molecular complexity index is 950. The van der Waals surface area contributed by atoms with Gasteiger partial charge in [-0.05, 0) is 63.7 Å². The van der Waals surface area contributed by atoms with E-state index in [4.69, 9.17) is 9.47 Å². The van der Waals surface area contributed by atoms with E-state index in [1.165, 1.54) is 7.11 Å². The van der Waals surface area contributed by atoms with E-state index in [1.54, 1.807) is 37.4 Å². The number of carbonyl (C=O) groups is 4. The van der Waals surface area contributed by atoms with E-state index in [-0.39, 0.29) is 12.5 Å². The number of methoxy groups -OCH3 is 1. The van der Waals surface area contributed by atoms with Crippen LogP contribution in [0.25, 0.3) is 0 Å². The monoisotopic (exact) mass is 579 g/mol. The van der Waals surface area contributed by atoms with Crippen molar-refractivity contribution in [3.63, 3.8) is 0 Å². The zero-order chi connectivity index (χ0) is 30.1. The molecule has 226 valence electrons. The number of rotatable bonds is 17. The summed E-state index contributed by atoms with van der Waals surface area (Å²) >= 11 is 1.56. The van der Waals surface area contributed by atoms with E-state index in [0.717, 1.165) is 37.7 Å². The van der Waals surface area contributed by atoms with Crippen molar-refractivity contribution in [1.29, 1.82) is 0 Å². The Morgan fingerprint density at radius 1 is 1.02 bits per heavy atom. The van der Waals surface area contributed by atoms with Gasteiger partial charge in [0.1, 0.15) is 24.2 Å². The molecule has 0 fully saturated rings. The molecule has 2 N–H and O–H groups in total. The van der Waals surface area contributed by atoms with E-state index in [2.05, 4.69) is 17.6 Å². The maximum Gasteiger partial charge on any atom is 0.408 e. The number of hydrogen-bond acceptors (Lipinski definition) is 7. The van der Waals surface area contributed by atoms with Crippen molar-refractivity contribution in [2.75, 3.05) is 32.2 Å². The first-order valence-electron chi connectivity index (χ1n) is 14.1. The Labute approximate surface area is 244 Å². The Hall–Kier alpha value is -2.75. The number of hydrogen-bond donors (Lipinski definition) is 2. The largest absolute Gasteiger partial charge is 0.468 e. The van der Waals surface area contributed by atoms with Gasteiger partial charge in [-0.2, -0.15) is 11.8 Å². The fourth-order valence-corrected chi connectivity index (χ4v) is 4.72. The fourth-order valence-electron chi connectivity index (χ4n) is 4.24. The second-order valence-electron chi connectivity index (χ2n) is 10.8. The topological polar surface area (TPSA) is 114 Å². The number of amides is 3. The molecule has 1 aromatic carbocycles. The predicted molar refractivity (Wildman–Crippen MR) is 160 cm³/mol. The molecule has 9 nitrogen and oxygen atoms in total. The molecule has 0 aliphatic carbocycles. The van der Waals surface area contributed by atoms with Crippen LogP contribution in [0.3, 0.4) is 0 Å². The average molecular weight is 580 g/mol. The SMILES string of the molecule is CCCCCCCCN(C(=O)C(CCSC)NC(=O)OC(C)(C)C)C(C(=O)NCC(=O)OC)c1ccccc1C. The molecule has 0 radical (unpaired) electrons. The zero-order valence-electron chi connectivity index (χ0n) is 25.3. The van der Waals surface area contributed by atoms with Gasteiger partial charge in [0, 0.05) is 6.54 Å². The molecule has 3 amide bonds. The van der Waals surface area contributed by atoms with Gasteiger partial charge >= 0.3 is 12.1 Å². The minimum Gasteiger partial charge on any atom is -0.468 e. The molecule has 1 aromatic rings. The van der Waals surface area contributed by atoms with Crippen LogP contribution >= 0.6 is 11.8 Å². The van der Waals surface area contributed by atoms with Crippen LogP contribution in [0, 0.1) is 6.92 Å². The van der Waals surface area contributed by atoms with Crippen molar-refractivity contribution in [3.8, 4) is 0 Å². The highest BCUT2D eigenvalue weighted by atomic mass is 32.2. The van der Waals surface area contributed by atoms with E-state index in [9.17, 15) is 19.2 Å². The molecule has 1 rings (SSSR count). The smallest absolute Gasteiger partial charge is 0.408 e. The molecule has 2 unspecified atom stereocenters. The van der Waals surface area contributed by atoms with E-state index in [1.807, 2.05) is 37.4 Å². The van der Waals surface area contributed by atoms with Crippen molar-refractivity contribution in [2.45, 2.75) is 97.2 Å². The molecule has 0 heterocycles. The van der Waals surface area contributed by atoms with E-state index in [0.29, 0.717) is 30.7 Å². The van der Waals surface area contributed by atoms with Gasteiger partial charge in [0.25, 0.3) is 0 Å². The number of alkyl carbamates (subject to hydrolysis) is 1. The van der Waals surface area contributed by atoms with Crippen molar-refractivity contribution < 1.29 is 28.7 Å². The summed E-state index contributed by atoms with van der Waals surface area (Å²) in [5.74, 6) is -0.814. The third-order valence-corrected chi connectivity index (χ3v) is 6.96. The van der Waals surface area contributed by atoms with Gasteiger partial charge < -0.3 is 25.0 Å². The number of nitrogens with zero attached hydrogens (tertiary/aromatic N) is 1. The lowest BCUT2D eigenvalue weighted by atomic mass is 9.97. The minimum absolute atomic E-state index is 0.317. The zero-order valence-corrected chi connectivity index (χ0v) is 26.2. The molecule has 0 saturated carbocycles. The summed E-state index contributed by atoms with van der Waals surface area (Å²) in [6.07, 6.45) is 7.65. The van der Waals surface area contributed by atoms with Crippen LogP contribution in [0.1, 0.15) is 89.8 Å². The Kier molecular flexibility index (Phi) is 16.4. The Morgan fingerprint density at radius 3 is 2.27 bits per heavy atom. The van der Waals surface area contributed by atoms with Crippen molar-refractivity contribution >= 4 is 35.6 Å². The highest BCUT2D eigenvalue weighted by Gasteiger charge is 2.36. The van der Waals surface area contributed by atoms with Crippen LogP contribution in [-0.4, -0.2) is 72.6 Å². The number of nitrogens with one attached hydrogen (secondary N) is 2. The van der Waals surface area contributed by atoms with Crippen molar-refractivity contribution in [3.05, 3.63) is 35.4 Å². The molecule has 10 heteroatoms. The van der Waals surface area contributed by atoms with Crippen LogP contribution in [-0.2, 0) is 23.9 Å². The highest BCUT2D eigenvalue weighted by molar-refractivity contribution is 7.98. The van der Waals surface area contributed by atoms with Gasteiger partial charge in [0.2, 0.25) is 11.8 Å². The molecule has 0 aromatic heterocycles. The lowest BCUT2D eigenvalue weighted by Crippen LogP contribution is -2.53. The average Bonchev–Trinajstić information content (AvgIpc) is 2.90. The number of thioether (sulfide) groups is 1. The number of esters is 1. The number of unbranched alkanes of at least 4 members (excludes halogenated alkanes) is 5. The highest BCUT2D eigenvalue weighted by Crippen LogP contribution is 2.27. The number of benzene rings is 1. The summed E-state index contributed by atoms with van der Waals surface area (Å²) in [4.78, 5) is 54.0. The fraction of sp³-hybridized carbons (Fsp3) is 0.667. The molecule has 0 aliphatic heterocycles. The van der Waals surface area contributed by atoms with Gasteiger partial charge in [-0.1, -0.05) is 63.3 Å². The molecule has 2 atom stereocenters. The summed E-state index contributed by atoms with van der Waals surface area (Å²) in [5.41, 5.74) is 0.764. The lowest BCUT2D eigenvalue weighted by molar-refractivity contribution is -0.144. The molecule has 0 spiro atoms. The number of carbonyl (C=O) groups excluding carboxylic acids is 4. The third kappa shape index (κ3) is 13.1.